The van der Waals surface area contributed by atoms with Gasteiger partial charge in [-0.1, -0.05) is 18.2 Å². The fourth-order valence-corrected chi connectivity index (χ4v) is 4.19. The average molecular weight is 548 g/mol. The normalized spacial score (nSPS) is 12.4. The zero-order valence-electron chi connectivity index (χ0n) is 14.9. The zero-order valence-corrected chi connectivity index (χ0v) is 18.8. The number of hydrogen-bond acceptors (Lipinski definition) is 5. The number of alkyl halides is 3. The molecule has 156 valence electrons. The number of nitrogens with zero attached hydrogens (tertiary/aromatic N) is 2. The van der Waals surface area contributed by atoms with Gasteiger partial charge in [0.1, 0.15) is 5.01 Å². The highest BCUT2D eigenvalue weighted by molar-refractivity contribution is 14.0. The van der Waals surface area contributed by atoms with Crippen molar-refractivity contribution in [2.75, 3.05) is 19.3 Å². The van der Waals surface area contributed by atoms with Gasteiger partial charge >= 0.3 is 6.18 Å². The molecule has 0 aliphatic heterocycles. The second-order valence-corrected chi connectivity index (χ2v) is 8.51. The highest BCUT2D eigenvalue weighted by Gasteiger charge is 2.33. The van der Waals surface area contributed by atoms with E-state index in [1.54, 1.807) is 30.3 Å². The molecule has 0 fully saturated rings. The quantitative estimate of drug-likeness (QED) is 0.240. The molecular formula is C16H20F3IN4O2S2. The van der Waals surface area contributed by atoms with Crippen LogP contribution >= 0.6 is 35.3 Å². The van der Waals surface area contributed by atoms with Gasteiger partial charge in [0.05, 0.1) is 17.2 Å². The molecule has 0 saturated carbocycles. The van der Waals surface area contributed by atoms with E-state index < -0.39 is 21.7 Å². The first-order chi connectivity index (χ1) is 12.7. The minimum atomic E-state index is -4.46. The predicted molar refractivity (Wildman–Crippen MR) is 114 cm³/mol. The maximum Gasteiger partial charge on any atom is 0.434 e. The van der Waals surface area contributed by atoms with Gasteiger partial charge < -0.3 is 10.6 Å². The van der Waals surface area contributed by atoms with Crippen LogP contribution in [0.25, 0.3) is 0 Å². The third-order valence-corrected chi connectivity index (χ3v) is 6.12. The molecule has 2 aromatic rings. The summed E-state index contributed by atoms with van der Waals surface area (Å²) in [7, 11) is -1.83. The molecule has 0 spiro atoms. The van der Waals surface area contributed by atoms with Gasteiger partial charge in [-0.3, -0.25) is 4.99 Å². The number of rotatable bonds is 7. The fourth-order valence-electron chi connectivity index (χ4n) is 2.12. The van der Waals surface area contributed by atoms with Crippen LogP contribution in [0.1, 0.15) is 17.1 Å². The number of aromatic nitrogens is 1. The Morgan fingerprint density at radius 3 is 2.46 bits per heavy atom. The van der Waals surface area contributed by atoms with Crippen molar-refractivity contribution in [1.29, 1.82) is 0 Å². The molecular weight excluding hydrogens is 528 g/mol. The average Bonchev–Trinajstić information content (AvgIpc) is 3.11. The summed E-state index contributed by atoms with van der Waals surface area (Å²) in [6, 6.07) is 8.18. The fraction of sp³-hybridized carbons (Fsp3) is 0.375. The molecule has 0 unspecified atom stereocenters. The predicted octanol–water partition coefficient (Wildman–Crippen LogP) is 3.31. The molecule has 12 heteroatoms. The van der Waals surface area contributed by atoms with E-state index in [1.807, 2.05) is 0 Å². The van der Waals surface area contributed by atoms with Crippen LogP contribution in [0.5, 0.6) is 0 Å². The minimum absolute atomic E-state index is 0. The molecule has 0 aliphatic carbocycles. The van der Waals surface area contributed by atoms with E-state index in [1.165, 1.54) is 7.05 Å². The lowest BCUT2D eigenvalue weighted by molar-refractivity contribution is -0.140. The van der Waals surface area contributed by atoms with Crippen molar-refractivity contribution in [2.45, 2.75) is 24.0 Å². The number of benzene rings is 1. The van der Waals surface area contributed by atoms with Gasteiger partial charge in [-0.25, -0.2) is 13.4 Å². The first-order valence-corrected chi connectivity index (χ1v) is 10.5. The SMILES string of the molecule is CN=C(NCCCS(=O)(=O)c1ccccc1)NCc1nc(C(F)(F)F)cs1.I. The molecule has 0 saturated heterocycles. The molecule has 1 aromatic heterocycles. The van der Waals surface area contributed by atoms with Gasteiger partial charge in [0.25, 0.3) is 0 Å². The Hall–Kier alpha value is -1.41. The largest absolute Gasteiger partial charge is 0.434 e. The number of sulfone groups is 1. The van der Waals surface area contributed by atoms with Gasteiger partial charge in [-0.05, 0) is 18.6 Å². The summed E-state index contributed by atoms with van der Waals surface area (Å²) in [5, 5.41) is 7.01. The number of nitrogens with one attached hydrogen (secondary N) is 2. The van der Waals surface area contributed by atoms with Crippen LogP contribution < -0.4 is 10.6 Å². The smallest absolute Gasteiger partial charge is 0.356 e. The van der Waals surface area contributed by atoms with E-state index in [-0.39, 0.29) is 46.2 Å². The highest BCUT2D eigenvalue weighted by atomic mass is 127. The van der Waals surface area contributed by atoms with Crippen LogP contribution in [0.15, 0.2) is 45.6 Å². The van der Waals surface area contributed by atoms with Crippen LogP contribution in [0.2, 0.25) is 0 Å². The Bertz CT molecular complexity index is 872. The lowest BCUT2D eigenvalue weighted by Gasteiger charge is -2.11. The monoisotopic (exact) mass is 548 g/mol. The third kappa shape index (κ3) is 7.54. The van der Waals surface area contributed by atoms with E-state index in [2.05, 4.69) is 20.6 Å². The van der Waals surface area contributed by atoms with Gasteiger partial charge in [-0.15, -0.1) is 35.3 Å². The Morgan fingerprint density at radius 2 is 1.89 bits per heavy atom. The second-order valence-electron chi connectivity index (χ2n) is 5.46. The van der Waals surface area contributed by atoms with E-state index in [4.69, 9.17) is 0 Å². The Labute approximate surface area is 182 Å². The number of aliphatic imine (C=N–C) groups is 1. The molecule has 28 heavy (non-hydrogen) atoms. The Morgan fingerprint density at radius 1 is 1.21 bits per heavy atom. The van der Waals surface area contributed by atoms with Crippen molar-refractivity contribution < 1.29 is 21.6 Å². The van der Waals surface area contributed by atoms with Crippen LogP contribution in [0, 0.1) is 0 Å². The van der Waals surface area contributed by atoms with Crippen LogP contribution in [-0.2, 0) is 22.6 Å². The summed E-state index contributed by atoms with van der Waals surface area (Å²) in [5.41, 5.74) is -0.918. The van der Waals surface area contributed by atoms with Crippen molar-refractivity contribution in [3.05, 3.63) is 46.4 Å². The van der Waals surface area contributed by atoms with Crippen LogP contribution in [-0.4, -0.2) is 38.7 Å². The van der Waals surface area contributed by atoms with E-state index in [9.17, 15) is 21.6 Å². The van der Waals surface area contributed by atoms with Crippen molar-refractivity contribution in [3.8, 4) is 0 Å². The third-order valence-electron chi connectivity index (χ3n) is 3.46. The molecule has 2 N–H and O–H groups in total. The summed E-state index contributed by atoms with van der Waals surface area (Å²) < 4.78 is 61.9. The maximum absolute atomic E-state index is 12.5. The summed E-state index contributed by atoms with van der Waals surface area (Å²) in [4.78, 5) is 7.74. The topological polar surface area (TPSA) is 83.5 Å². The van der Waals surface area contributed by atoms with E-state index in [0.717, 1.165) is 16.7 Å². The van der Waals surface area contributed by atoms with Crippen LogP contribution in [0.3, 0.4) is 0 Å². The number of guanidine groups is 1. The molecule has 0 radical (unpaired) electrons. The number of halogens is 4. The van der Waals surface area contributed by atoms with Gasteiger partial charge in [-0.2, -0.15) is 13.2 Å². The summed E-state index contributed by atoms with van der Waals surface area (Å²) in [6.07, 6.45) is -4.10. The van der Waals surface area contributed by atoms with E-state index >= 15 is 0 Å². The second kappa shape index (κ2) is 11.0. The standard InChI is InChI=1S/C16H19F3N4O2S2.HI/c1-20-15(22-10-14-23-13(11-26-14)16(17,18)19)21-8-5-9-27(24,25)12-6-3-2-4-7-12;/h2-4,6-7,11H,5,8-10H2,1H3,(H2,20,21,22);1H. The lowest BCUT2D eigenvalue weighted by atomic mass is 10.4. The molecule has 1 aromatic carbocycles. The van der Waals surface area contributed by atoms with Gasteiger partial charge in [0.15, 0.2) is 21.5 Å². The van der Waals surface area contributed by atoms with Crippen molar-refractivity contribution in [3.63, 3.8) is 0 Å². The zero-order chi connectivity index (χ0) is 19.9. The lowest BCUT2D eigenvalue weighted by Crippen LogP contribution is -2.37. The van der Waals surface area contributed by atoms with E-state index in [0.29, 0.717) is 18.9 Å². The Balaban J connectivity index is 0.00000392. The van der Waals surface area contributed by atoms with Crippen molar-refractivity contribution >= 4 is 51.1 Å². The molecule has 0 atom stereocenters. The number of hydrogen-bond donors (Lipinski definition) is 2. The molecule has 0 aliphatic rings. The number of thiazole rings is 1. The molecule has 1 heterocycles. The molecule has 2 rings (SSSR count). The highest BCUT2D eigenvalue weighted by Crippen LogP contribution is 2.29. The molecule has 0 bridgehead atoms. The summed E-state index contributed by atoms with van der Waals surface area (Å²) in [6.45, 7) is 0.431. The van der Waals surface area contributed by atoms with Gasteiger partial charge in [0, 0.05) is 19.0 Å². The maximum atomic E-state index is 12.5. The van der Waals surface area contributed by atoms with Crippen molar-refractivity contribution in [2.24, 2.45) is 4.99 Å². The summed E-state index contributed by atoms with van der Waals surface area (Å²) in [5.74, 6) is 0.332. The first-order valence-electron chi connectivity index (χ1n) is 7.96. The first kappa shape index (κ1) is 24.6. The molecule has 0 amide bonds. The minimum Gasteiger partial charge on any atom is -0.356 e. The van der Waals surface area contributed by atoms with Crippen LogP contribution in [0.4, 0.5) is 13.2 Å². The Kier molecular flexibility index (Phi) is 9.63. The summed E-state index contributed by atoms with van der Waals surface area (Å²) >= 11 is 0.903. The van der Waals surface area contributed by atoms with Gasteiger partial charge in [0.2, 0.25) is 0 Å². The molecule has 6 nitrogen and oxygen atoms in total. The van der Waals surface area contributed by atoms with Crippen molar-refractivity contribution in [1.82, 2.24) is 15.6 Å².